The minimum Gasteiger partial charge on any atom is -0.312 e. The Kier molecular flexibility index (Phi) is 4.97. The average Bonchev–Trinajstić information content (AvgIpc) is 2.26. The maximum atomic E-state index is 3.38. The zero-order valence-corrected chi connectivity index (χ0v) is 11.1. The van der Waals surface area contributed by atoms with Gasteiger partial charge in [0.1, 0.15) is 0 Å². The van der Waals surface area contributed by atoms with Crippen LogP contribution in [0.1, 0.15) is 31.0 Å². The Morgan fingerprint density at radius 3 is 2.19 bits per heavy atom. The molecule has 0 aliphatic rings. The van der Waals surface area contributed by atoms with E-state index in [-0.39, 0.29) is 0 Å². The molecule has 0 aromatic heterocycles. The van der Waals surface area contributed by atoms with Crippen molar-refractivity contribution in [2.24, 2.45) is 0 Å². The van der Waals surface area contributed by atoms with Crippen LogP contribution in [0.2, 0.25) is 0 Å². The third-order valence-electron chi connectivity index (χ3n) is 3.18. The molecule has 1 atom stereocenters. The summed E-state index contributed by atoms with van der Waals surface area (Å²) in [6, 6.07) is 9.77. The molecule has 1 aromatic carbocycles. The Morgan fingerprint density at radius 1 is 1.19 bits per heavy atom. The summed E-state index contributed by atoms with van der Waals surface area (Å²) < 4.78 is 0. The van der Waals surface area contributed by atoms with Crippen molar-refractivity contribution in [3.8, 4) is 0 Å². The number of rotatable bonds is 5. The highest BCUT2D eigenvalue weighted by Crippen LogP contribution is 2.15. The van der Waals surface area contributed by atoms with E-state index in [0.29, 0.717) is 12.1 Å². The molecule has 0 saturated heterocycles. The lowest BCUT2D eigenvalue weighted by Gasteiger charge is -2.27. The number of hydrogen-bond acceptors (Lipinski definition) is 2. The monoisotopic (exact) mass is 220 g/mol. The van der Waals surface area contributed by atoms with Gasteiger partial charge in [-0.25, -0.2) is 0 Å². The lowest BCUT2D eigenvalue weighted by atomic mass is 10.0. The fraction of sp³-hybridized carbons (Fsp3) is 0.571. The number of likely N-dealkylation sites (N-methyl/N-ethyl adjacent to an activating group) is 2. The number of nitrogens with one attached hydrogen (secondary N) is 1. The molecule has 1 aromatic rings. The van der Waals surface area contributed by atoms with E-state index in [2.05, 4.69) is 62.3 Å². The average molecular weight is 220 g/mol. The van der Waals surface area contributed by atoms with Gasteiger partial charge in [0, 0.05) is 18.6 Å². The highest BCUT2D eigenvalue weighted by atomic mass is 15.1. The fourth-order valence-electron chi connectivity index (χ4n) is 1.66. The van der Waals surface area contributed by atoms with E-state index in [1.807, 2.05) is 7.05 Å². The van der Waals surface area contributed by atoms with E-state index in [9.17, 15) is 0 Å². The van der Waals surface area contributed by atoms with Crippen molar-refractivity contribution in [2.45, 2.75) is 32.9 Å². The minimum atomic E-state index is 0.410. The summed E-state index contributed by atoms with van der Waals surface area (Å²) in [4.78, 5) is 2.36. The summed E-state index contributed by atoms with van der Waals surface area (Å²) in [5.41, 5.74) is 2.68. The van der Waals surface area contributed by atoms with E-state index >= 15 is 0 Å². The van der Waals surface area contributed by atoms with Crippen LogP contribution in [0.4, 0.5) is 0 Å². The molecule has 1 unspecified atom stereocenters. The molecular formula is C14H24N2. The molecule has 1 N–H and O–H groups in total. The molecule has 0 aliphatic heterocycles. The van der Waals surface area contributed by atoms with E-state index in [1.165, 1.54) is 11.1 Å². The molecule has 0 bridgehead atoms. The van der Waals surface area contributed by atoms with Gasteiger partial charge in [0.2, 0.25) is 0 Å². The molecule has 90 valence electrons. The largest absolute Gasteiger partial charge is 0.312 e. The van der Waals surface area contributed by atoms with Gasteiger partial charge in [-0.1, -0.05) is 29.8 Å². The Morgan fingerprint density at radius 2 is 1.75 bits per heavy atom. The van der Waals surface area contributed by atoms with Crippen molar-refractivity contribution in [1.82, 2.24) is 10.2 Å². The molecule has 1 rings (SSSR count). The molecule has 0 aliphatic carbocycles. The van der Waals surface area contributed by atoms with Crippen LogP contribution >= 0.6 is 0 Å². The van der Waals surface area contributed by atoms with Gasteiger partial charge in [0.05, 0.1) is 0 Å². The summed E-state index contributed by atoms with van der Waals surface area (Å²) in [6.07, 6.45) is 0. The van der Waals surface area contributed by atoms with E-state index in [1.54, 1.807) is 0 Å². The van der Waals surface area contributed by atoms with Crippen LogP contribution in [0.3, 0.4) is 0 Å². The van der Waals surface area contributed by atoms with Crippen LogP contribution in [0.25, 0.3) is 0 Å². The first-order valence-electron chi connectivity index (χ1n) is 5.98. The van der Waals surface area contributed by atoms with Crippen molar-refractivity contribution < 1.29 is 0 Å². The maximum absolute atomic E-state index is 3.38. The van der Waals surface area contributed by atoms with Crippen LogP contribution in [0, 0.1) is 6.92 Å². The van der Waals surface area contributed by atoms with E-state index in [0.717, 1.165) is 6.54 Å². The first-order chi connectivity index (χ1) is 7.54. The molecule has 0 heterocycles. The third-order valence-corrected chi connectivity index (χ3v) is 3.18. The zero-order chi connectivity index (χ0) is 12.1. The van der Waals surface area contributed by atoms with Gasteiger partial charge >= 0.3 is 0 Å². The fourth-order valence-corrected chi connectivity index (χ4v) is 1.66. The topological polar surface area (TPSA) is 15.3 Å². The SMILES string of the molecule is CNC(CN(C)C(C)C)c1ccc(C)cc1. The van der Waals surface area contributed by atoms with Gasteiger partial charge in [-0.05, 0) is 40.4 Å². The second-order valence-electron chi connectivity index (χ2n) is 4.79. The van der Waals surface area contributed by atoms with Crippen LogP contribution in [0.15, 0.2) is 24.3 Å². The minimum absolute atomic E-state index is 0.410. The molecule has 0 saturated carbocycles. The standard InChI is InChI=1S/C14H24N2/c1-11(2)16(5)10-14(15-4)13-8-6-12(3)7-9-13/h6-9,11,14-15H,10H2,1-5H3. The zero-order valence-electron chi connectivity index (χ0n) is 11.1. The number of aryl methyl sites for hydroxylation is 1. The number of benzene rings is 1. The van der Waals surface area contributed by atoms with Gasteiger partial charge in [-0.2, -0.15) is 0 Å². The van der Waals surface area contributed by atoms with Crippen molar-refractivity contribution in [3.63, 3.8) is 0 Å². The van der Waals surface area contributed by atoms with Gasteiger partial charge < -0.3 is 10.2 Å². The van der Waals surface area contributed by atoms with Crippen molar-refractivity contribution in [2.75, 3.05) is 20.6 Å². The first kappa shape index (κ1) is 13.2. The van der Waals surface area contributed by atoms with Crippen molar-refractivity contribution >= 4 is 0 Å². The summed E-state index contributed by atoms with van der Waals surface area (Å²) >= 11 is 0. The van der Waals surface area contributed by atoms with Crippen molar-refractivity contribution in [3.05, 3.63) is 35.4 Å². The summed E-state index contributed by atoms with van der Waals surface area (Å²) in [5.74, 6) is 0. The van der Waals surface area contributed by atoms with Crippen LogP contribution < -0.4 is 5.32 Å². The Bertz CT molecular complexity index is 303. The molecule has 0 amide bonds. The second-order valence-corrected chi connectivity index (χ2v) is 4.79. The van der Waals surface area contributed by atoms with Crippen LogP contribution in [-0.2, 0) is 0 Å². The second kappa shape index (κ2) is 6.02. The smallest absolute Gasteiger partial charge is 0.0446 e. The predicted molar refractivity (Wildman–Crippen MR) is 70.7 cm³/mol. The van der Waals surface area contributed by atoms with Crippen molar-refractivity contribution in [1.29, 1.82) is 0 Å². The molecule has 16 heavy (non-hydrogen) atoms. The van der Waals surface area contributed by atoms with E-state index < -0.39 is 0 Å². The Hall–Kier alpha value is -0.860. The van der Waals surface area contributed by atoms with Gasteiger partial charge in [0.15, 0.2) is 0 Å². The Balaban J connectivity index is 2.70. The summed E-state index contributed by atoms with van der Waals surface area (Å²) in [7, 11) is 4.20. The third kappa shape index (κ3) is 3.62. The van der Waals surface area contributed by atoms with Gasteiger partial charge in [-0.15, -0.1) is 0 Å². The predicted octanol–water partition coefficient (Wildman–Crippen LogP) is 2.60. The van der Waals surface area contributed by atoms with Crippen LogP contribution in [0.5, 0.6) is 0 Å². The molecule has 2 nitrogen and oxygen atoms in total. The maximum Gasteiger partial charge on any atom is 0.0446 e. The molecule has 0 fully saturated rings. The molecule has 2 heteroatoms. The van der Waals surface area contributed by atoms with Gasteiger partial charge in [-0.3, -0.25) is 0 Å². The first-order valence-corrected chi connectivity index (χ1v) is 5.98. The summed E-state index contributed by atoms with van der Waals surface area (Å²) in [6.45, 7) is 7.61. The van der Waals surface area contributed by atoms with E-state index in [4.69, 9.17) is 0 Å². The van der Waals surface area contributed by atoms with Crippen LogP contribution in [-0.4, -0.2) is 31.6 Å². The molecule has 0 spiro atoms. The number of nitrogens with zero attached hydrogens (tertiary/aromatic N) is 1. The lowest BCUT2D eigenvalue weighted by Crippen LogP contribution is -2.35. The van der Waals surface area contributed by atoms with Gasteiger partial charge in [0.25, 0.3) is 0 Å². The highest BCUT2D eigenvalue weighted by Gasteiger charge is 2.13. The molecular weight excluding hydrogens is 196 g/mol. The summed E-state index contributed by atoms with van der Waals surface area (Å²) in [5, 5.41) is 3.38. The quantitative estimate of drug-likeness (QED) is 0.820. The molecule has 0 radical (unpaired) electrons. The Labute approximate surface area is 99.7 Å². The normalized spacial score (nSPS) is 13.4. The number of hydrogen-bond donors (Lipinski definition) is 1. The highest BCUT2D eigenvalue weighted by molar-refractivity contribution is 5.24. The lowest BCUT2D eigenvalue weighted by molar-refractivity contribution is 0.246.